The smallest absolute Gasteiger partial charge is 0.127 e. The van der Waals surface area contributed by atoms with E-state index < -0.39 is 0 Å². The number of rotatable bonds is 4. The van der Waals surface area contributed by atoms with Crippen molar-refractivity contribution in [3.05, 3.63) is 0 Å². The lowest BCUT2D eigenvalue weighted by Crippen LogP contribution is -2.43. The van der Waals surface area contributed by atoms with E-state index in [2.05, 4.69) is 11.9 Å². The van der Waals surface area contributed by atoms with Crippen LogP contribution in [0.5, 0.6) is 0 Å². The van der Waals surface area contributed by atoms with Gasteiger partial charge in [-0.15, -0.1) is 0 Å². The maximum absolute atomic E-state index is 11.4. The minimum absolute atomic E-state index is 0.0599. The summed E-state index contributed by atoms with van der Waals surface area (Å²) in [5, 5.41) is 0. The van der Waals surface area contributed by atoms with Crippen molar-refractivity contribution >= 4 is 6.29 Å². The summed E-state index contributed by atoms with van der Waals surface area (Å²) < 4.78 is 5.40. The van der Waals surface area contributed by atoms with Crippen LogP contribution in [-0.2, 0) is 9.53 Å². The van der Waals surface area contributed by atoms with Crippen LogP contribution in [0.2, 0.25) is 0 Å². The highest BCUT2D eigenvalue weighted by Crippen LogP contribution is 2.35. The molecule has 1 saturated heterocycles. The Kier molecular flexibility index (Phi) is 3.98. The molecular formula is C13H23NO2. The molecule has 16 heavy (non-hydrogen) atoms. The van der Waals surface area contributed by atoms with Crippen LogP contribution in [0, 0.1) is 5.41 Å². The van der Waals surface area contributed by atoms with Gasteiger partial charge in [-0.05, 0) is 26.3 Å². The fourth-order valence-electron chi connectivity index (χ4n) is 3.06. The molecule has 3 heteroatoms. The first-order valence-electron chi connectivity index (χ1n) is 6.50. The minimum atomic E-state index is -0.0599. The third-order valence-electron chi connectivity index (χ3n) is 4.19. The molecule has 2 aliphatic rings. The van der Waals surface area contributed by atoms with E-state index in [0.717, 1.165) is 39.0 Å². The molecule has 0 spiro atoms. The van der Waals surface area contributed by atoms with Crippen LogP contribution in [-0.4, -0.2) is 44.0 Å². The van der Waals surface area contributed by atoms with E-state index in [1.54, 1.807) is 0 Å². The second-order valence-electron chi connectivity index (χ2n) is 5.47. The van der Waals surface area contributed by atoms with Crippen LogP contribution in [0.15, 0.2) is 0 Å². The first kappa shape index (κ1) is 12.1. The van der Waals surface area contributed by atoms with Gasteiger partial charge >= 0.3 is 0 Å². The molecule has 1 heterocycles. The van der Waals surface area contributed by atoms with E-state index in [9.17, 15) is 4.79 Å². The lowest BCUT2D eigenvalue weighted by atomic mass is 9.75. The Labute approximate surface area is 98.1 Å². The molecule has 0 bridgehead atoms. The van der Waals surface area contributed by atoms with E-state index >= 15 is 0 Å². The Morgan fingerprint density at radius 2 is 2.12 bits per heavy atom. The van der Waals surface area contributed by atoms with Gasteiger partial charge in [0, 0.05) is 24.6 Å². The molecule has 0 N–H and O–H groups in total. The highest BCUT2D eigenvalue weighted by atomic mass is 16.5. The third-order valence-corrected chi connectivity index (χ3v) is 4.19. The molecule has 1 unspecified atom stereocenters. The number of aldehydes is 1. The molecule has 1 aliphatic heterocycles. The molecule has 0 aromatic rings. The summed E-state index contributed by atoms with van der Waals surface area (Å²) in [5.74, 6) is 0. The van der Waals surface area contributed by atoms with Gasteiger partial charge in [0.25, 0.3) is 0 Å². The van der Waals surface area contributed by atoms with Gasteiger partial charge in [-0.2, -0.15) is 0 Å². The van der Waals surface area contributed by atoms with E-state index in [1.807, 2.05) is 0 Å². The number of carbonyl (C=O) groups excluding carboxylic acids is 1. The van der Waals surface area contributed by atoms with Crippen molar-refractivity contribution in [3.63, 3.8) is 0 Å². The fourth-order valence-corrected chi connectivity index (χ4v) is 3.06. The normalized spacial score (nSPS) is 29.5. The molecule has 0 radical (unpaired) electrons. The molecule has 1 atom stereocenters. The summed E-state index contributed by atoms with van der Waals surface area (Å²) in [4.78, 5) is 13.7. The molecule has 92 valence electrons. The Bertz CT molecular complexity index is 230. The molecule has 1 saturated carbocycles. The number of hydrogen-bond donors (Lipinski definition) is 0. The molecule has 2 rings (SSSR count). The van der Waals surface area contributed by atoms with Crippen LogP contribution >= 0.6 is 0 Å². The van der Waals surface area contributed by atoms with Crippen molar-refractivity contribution in [1.82, 2.24) is 4.90 Å². The SMILES string of the molecule is CN(CC1(C=O)CCCCC1)C1CCOC1. The van der Waals surface area contributed by atoms with Gasteiger partial charge in [0.2, 0.25) is 0 Å². The maximum Gasteiger partial charge on any atom is 0.127 e. The highest BCUT2D eigenvalue weighted by molar-refractivity contribution is 5.60. The second-order valence-corrected chi connectivity index (χ2v) is 5.47. The van der Waals surface area contributed by atoms with Crippen molar-refractivity contribution in [3.8, 4) is 0 Å². The number of likely N-dealkylation sites (N-methyl/N-ethyl adjacent to an activating group) is 1. The average molecular weight is 225 g/mol. The minimum Gasteiger partial charge on any atom is -0.380 e. The van der Waals surface area contributed by atoms with E-state index in [0.29, 0.717) is 6.04 Å². The number of hydrogen-bond acceptors (Lipinski definition) is 3. The second kappa shape index (κ2) is 5.28. The van der Waals surface area contributed by atoms with Crippen LogP contribution < -0.4 is 0 Å². The summed E-state index contributed by atoms with van der Waals surface area (Å²) in [6.45, 7) is 2.64. The molecule has 1 aliphatic carbocycles. The summed E-state index contributed by atoms with van der Waals surface area (Å²) in [6, 6.07) is 0.527. The van der Waals surface area contributed by atoms with Gasteiger partial charge in [-0.3, -0.25) is 0 Å². The lowest BCUT2D eigenvalue weighted by molar-refractivity contribution is -0.119. The predicted molar refractivity (Wildman–Crippen MR) is 63.4 cm³/mol. The zero-order valence-corrected chi connectivity index (χ0v) is 10.3. The molecular weight excluding hydrogens is 202 g/mol. The van der Waals surface area contributed by atoms with Gasteiger partial charge in [0.1, 0.15) is 6.29 Å². The van der Waals surface area contributed by atoms with Crippen LogP contribution in [0.1, 0.15) is 38.5 Å². The van der Waals surface area contributed by atoms with Gasteiger partial charge in [0.05, 0.1) is 6.61 Å². The van der Waals surface area contributed by atoms with Crippen LogP contribution in [0.3, 0.4) is 0 Å². The van der Waals surface area contributed by atoms with E-state index in [1.165, 1.54) is 25.5 Å². The Balaban J connectivity index is 1.91. The quantitative estimate of drug-likeness (QED) is 0.684. The lowest BCUT2D eigenvalue weighted by Gasteiger charge is -2.37. The first-order valence-corrected chi connectivity index (χ1v) is 6.50. The van der Waals surface area contributed by atoms with Crippen LogP contribution in [0.4, 0.5) is 0 Å². The largest absolute Gasteiger partial charge is 0.380 e. The van der Waals surface area contributed by atoms with Crippen molar-refractivity contribution in [2.75, 3.05) is 26.8 Å². The Morgan fingerprint density at radius 1 is 1.38 bits per heavy atom. The Hall–Kier alpha value is -0.410. The van der Waals surface area contributed by atoms with Gasteiger partial charge in [-0.25, -0.2) is 0 Å². The summed E-state index contributed by atoms with van der Waals surface area (Å²) in [7, 11) is 2.14. The molecule has 0 aromatic heterocycles. The Morgan fingerprint density at radius 3 is 2.69 bits per heavy atom. The molecule has 3 nitrogen and oxygen atoms in total. The monoisotopic (exact) mass is 225 g/mol. The first-order chi connectivity index (χ1) is 7.76. The zero-order chi connectivity index (χ0) is 11.4. The van der Waals surface area contributed by atoms with Crippen LogP contribution in [0.25, 0.3) is 0 Å². The van der Waals surface area contributed by atoms with Gasteiger partial charge < -0.3 is 14.4 Å². The summed E-state index contributed by atoms with van der Waals surface area (Å²) in [6.07, 6.45) is 8.22. The topological polar surface area (TPSA) is 29.5 Å². The van der Waals surface area contributed by atoms with Crippen molar-refractivity contribution < 1.29 is 9.53 Å². The van der Waals surface area contributed by atoms with Crippen molar-refractivity contribution in [1.29, 1.82) is 0 Å². The summed E-state index contributed by atoms with van der Waals surface area (Å²) >= 11 is 0. The predicted octanol–water partition coefficient (Wildman–Crippen LogP) is 1.86. The summed E-state index contributed by atoms with van der Waals surface area (Å²) in [5.41, 5.74) is -0.0599. The molecule has 0 amide bonds. The van der Waals surface area contributed by atoms with E-state index in [4.69, 9.17) is 4.74 Å². The van der Waals surface area contributed by atoms with Gasteiger partial charge in [-0.1, -0.05) is 19.3 Å². The molecule has 2 fully saturated rings. The number of carbonyl (C=O) groups is 1. The third kappa shape index (κ3) is 2.64. The van der Waals surface area contributed by atoms with Gasteiger partial charge in [0.15, 0.2) is 0 Å². The number of ether oxygens (including phenoxy) is 1. The van der Waals surface area contributed by atoms with Crippen molar-refractivity contribution in [2.45, 2.75) is 44.6 Å². The average Bonchev–Trinajstić information content (AvgIpc) is 2.84. The zero-order valence-electron chi connectivity index (χ0n) is 10.3. The number of nitrogens with zero attached hydrogens (tertiary/aromatic N) is 1. The highest BCUT2D eigenvalue weighted by Gasteiger charge is 2.35. The van der Waals surface area contributed by atoms with Crippen molar-refractivity contribution in [2.24, 2.45) is 5.41 Å². The standard InChI is InChI=1S/C13H23NO2/c1-14(12-5-8-16-9-12)10-13(11-15)6-3-2-4-7-13/h11-12H,2-10H2,1H3. The fraction of sp³-hybridized carbons (Fsp3) is 0.923. The maximum atomic E-state index is 11.4. The molecule has 0 aromatic carbocycles. The van der Waals surface area contributed by atoms with E-state index in [-0.39, 0.29) is 5.41 Å².